The van der Waals surface area contributed by atoms with E-state index in [-0.39, 0.29) is 16.1 Å². The van der Waals surface area contributed by atoms with Crippen LogP contribution in [-0.2, 0) is 5.54 Å². The number of amides is 1. The van der Waals surface area contributed by atoms with Gasteiger partial charge in [0.25, 0.3) is 11.5 Å². The fraction of sp³-hybridized carbons (Fsp3) is 0.250. The Hall–Kier alpha value is -2.38. The standard InChI is InChI=1S/C16H15Cl2N5O2/c1-16(2,3)23-13-11(7-20-23)15(25)22(8-19-13)21-14(24)10-5-4-9(17)6-12(10)18/h4-8H,1-3H3,(H,21,24). The van der Waals surface area contributed by atoms with Gasteiger partial charge in [0, 0.05) is 5.02 Å². The lowest BCUT2D eigenvalue weighted by atomic mass is 10.1. The molecule has 2 heterocycles. The van der Waals surface area contributed by atoms with Gasteiger partial charge in [-0.05, 0) is 39.0 Å². The summed E-state index contributed by atoms with van der Waals surface area (Å²) in [7, 11) is 0. The number of hydrogen-bond donors (Lipinski definition) is 1. The van der Waals surface area contributed by atoms with Crippen LogP contribution in [0.5, 0.6) is 0 Å². The average Bonchev–Trinajstić information content (AvgIpc) is 2.94. The first-order valence-corrected chi connectivity index (χ1v) is 8.16. The summed E-state index contributed by atoms with van der Waals surface area (Å²) in [6, 6.07) is 4.48. The number of aromatic nitrogens is 4. The lowest BCUT2D eigenvalue weighted by molar-refractivity contribution is 0.101. The van der Waals surface area contributed by atoms with E-state index in [0.29, 0.717) is 16.1 Å². The van der Waals surface area contributed by atoms with E-state index in [1.807, 2.05) is 20.8 Å². The van der Waals surface area contributed by atoms with E-state index < -0.39 is 11.5 Å². The van der Waals surface area contributed by atoms with E-state index in [0.717, 1.165) is 4.68 Å². The SMILES string of the molecule is CC(C)(C)n1ncc2c(=O)n(NC(=O)c3ccc(Cl)cc3Cl)cnc21. The van der Waals surface area contributed by atoms with Gasteiger partial charge >= 0.3 is 0 Å². The van der Waals surface area contributed by atoms with Crippen LogP contribution in [0.25, 0.3) is 11.0 Å². The Labute approximate surface area is 153 Å². The summed E-state index contributed by atoms with van der Waals surface area (Å²) in [5.41, 5.74) is 2.36. The maximum absolute atomic E-state index is 12.6. The maximum Gasteiger partial charge on any atom is 0.283 e. The molecule has 2 aromatic heterocycles. The zero-order valence-electron chi connectivity index (χ0n) is 13.7. The van der Waals surface area contributed by atoms with E-state index in [4.69, 9.17) is 23.2 Å². The van der Waals surface area contributed by atoms with E-state index in [9.17, 15) is 9.59 Å². The van der Waals surface area contributed by atoms with Gasteiger partial charge in [-0.25, -0.2) is 14.3 Å². The normalized spacial score (nSPS) is 11.7. The van der Waals surface area contributed by atoms with Crippen LogP contribution in [0.1, 0.15) is 31.1 Å². The van der Waals surface area contributed by atoms with Gasteiger partial charge in [-0.1, -0.05) is 23.2 Å². The molecular formula is C16H15Cl2N5O2. The van der Waals surface area contributed by atoms with Crippen molar-refractivity contribution in [1.29, 1.82) is 0 Å². The molecule has 1 aromatic carbocycles. The summed E-state index contributed by atoms with van der Waals surface area (Å²) >= 11 is 11.8. The minimum atomic E-state index is -0.548. The number of nitrogens with one attached hydrogen (secondary N) is 1. The Bertz CT molecular complexity index is 1030. The molecule has 0 saturated heterocycles. The van der Waals surface area contributed by atoms with Gasteiger partial charge in [0.15, 0.2) is 5.65 Å². The zero-order valence-corrected chi connectivity index (χ0v) is 15.3. The highest BCUT2D eigenvalue weighted by Crippen LogP contribution is 2.21. The monoisotopic (exact) mass is 379 g/mol. The third-order valence-electron chi connectivity index (χ3n) is 3.52. The molecule has 3 aromatic rings. The van der Waals surface area contributed by atoms with Crippen molar-refractivity contribution in [2.75, 3.05) is 5.43 Å². The van der Waals surface area contributed by atoms with Crippen molar-refractivity contribution >= 4 is 40.1 Å². The summed E-state index contributed by atoms with van der Waals surface area (Å²) in [6.07, 6.45) is 2.68. The lowest BCUT2D eigenvalue weighted by Crippen LogP contribution is -2.33. The van der Waals surface area contributed by atoms with Crippen LogP contribution < -0.4 is 11.0 Å². The molecular weight excluding hydrogens is 365 g/mol. The number of nitrogens with zero attached hydrogens (tertiary/aromatic N) is 4. The Balaban J connectivity index is 1.99. The Morgan fingerprint density at radius 3 is 2.60 bits per heavy atom. The molecule has 0 radical (unpaired) electrons. The topological polar surface area (TPSA) is 81.8 Å². The van der Waals surface area contributed by atoms with E-state index in [2.05, 4.69) is 15.5 Å². The molecule has 0 fully saturated rings. The zero-order chi connectivity index (χ0) is 18.4. The van der Waals surface area contributed by atoms with Crippen molar-refractivity contribution in [3.63, 3.8) is 0 Å². The van der Waals surface area contributed by atoms with Crippen LogP contribution in [0.4, 0.5) is 0 Å². The molecule has 0 spiro atoms. The highest BCUT2D eigenvalue weighted by atomic mass is 35.5. The molecule has 0 aliphatic rings. The van der Waals surface area contributed by atoms with Crippen LogP contribution in [0.3, 0.4) is 0 Å². The number of carbonyl (C=O) groups excluding carboxylic acids is 1. The summed E-state index contributed by atoms with van der Waals surface area (Å²) in [5, 5.41) is 5.13. The molecule has 0 unspecified atom stereocenters. The van der Waals surface area contributed by atoms with Crippen LogP contribution >= 0.6 is 23.2 Å². The number of benzene rings is 1. The third kappa shape index (κ3) is 3.25. The Morgan fingerprint density at radius 2 is 1.96 bits per heavy atom. The molecule has 130 valence electrons. The summed E-state index contributed by atoms with van der Waals surface area (Å²) < 4.78 is 2.66. The minimum Gasteiger partial charge on any atom is -0.267 e. The van der Waals surface area contributed by atoms with E-state index >= 15 is 0 Å². The van der Waals surface area contributed by atoms with Crippen molar-refractivity contribution < 1.29 is 4.79 Å². The first-order valence-electron chi connectivity index (χ1n) is 7.41. The van der Waals surface area contributed by atoms with Crippen molar-refractivity contribution in [1.82, 2.24) is 19.4 Å². The molecule has 0 bridgehead atoms. The summed E-state index contributed by atoms with van der Waals surface area (Å²) in [4.78, 5) is 29.2. The molecule has 0 atom stereocenters. The first kappa shape index (κ1) is 17.4. The van der Waals surface area contributed by atoms with Gasteiger partial charge in [0.05, 0.1) is 22.3 Å². The van der Waals surface area contributed by atoms with Crippen LogP contribution in [0, 0.1) is 0 Å². The molecule has 1 N–H and O–H groups in total. The van der Waals surface area contributed by atoms with Crippen molar-refractivity contribution in [2.24, 2.45) is 0 Å². The minimum absolute atomic E-state index is 0.188. The fourth-order valence-corrected chi connectivity index (χ4v) is 2.82. The highest BCUT2D eigenvalue weighted by Gasteiger charge is 2.20. The summed E-state index contributed by atoms with van der Waals surface area (Å²) in [5.74, 6) is -0.548. The smallest absolute Gasteiger partial charge is 0.267 e. The third-order valence-corrected chi connectivity index (χ3v) is 4.07. The van der Waals surface area contributed by atoms with Crippen LogP contribution in [0.15, 0.2) is 35.5 Å². The number of carbonyl (C=O) groups is 1. The second-order valence-electron chi connectivity index (χ2n) is 6.45. The molecule has 1 amide bonds. The highest BCUT2D eigenvalue weighted by molar-refractivity contribution is 6.37. The number of fused-ring (bicyclic) bond motifs is 1. The second-order valence-corrected chi connectivity index (χ2v) is 7.29. The van der Waals surface area contributed by atoms with Crippen LogP contribution in [-0.4, -0.2) is 25.3 Å². The second kappa shape index (κ2) is 6.16. The van der Waals surface area contributed by atoms with Gasteiger partial charge in [0.2, 0.25) is 0 Å². The number of hydrogen-bond acceptors (Lipinski definition) is 4. The predicted molar refractivity (Wildman–Crippen MR) is 96.9 cm³/mol. The van der Waals surface area contributed by atoms with Gasteiger partial charge in [-0.2, -0.15) is 5.10 Å². The molecule has 0 aliphatic heterocycles. The first-order chi connectivity index (χ1) is 11.7. The number of rotatable bonds is 2. The largest absolute Gasteiger partial charge is 0.283 e. The van der Waals surface area contributed by atoms with Crippen molar-refractivity contribution in [3.05, 3.63) is 56.7 Å². The molecule has 9 heteroatoms. The Morgan fingerprint density at radius 1 is 1.24 bits per heavy atom. The van der Waals surface area contributed by atoms with Crippen LogP contribution in [0.2, 0.25) is 10.0 Å². The van der Waals surface area contributed by atoms with E-state index in [1.54, 1.807) is 10.7 Å². The van der Waals surface area contributed by atoms with Gasteiger partial charge in [-0.15, -0.1) is 0 Å². The van der Waals surface area contributed by atoms with Crippen molar-refractivity contribution in [3.8, 4) is 0 Å². The quantitative estimate of drug-likeness (QED) is 0.741. The molecule has 3 rings (SSSR count). The molecule has 0 saturated carbocycles. The maximum atomic E-state index is 12.6. The summed E-state index contributed by atoms with van der Waals surface area (Å²) in [6.45, 7) is 5.87. The van der Waals surface area contributed by atoms with E-state index in [1.165, 1.54) is 24.7 Å². The van der Waals surface area contributed by atoms with Gasteiger partial charge in [0.1, 0.15) is 11.7 Å². The van der Waals surface area contributed by atoms with Gasteiger partial charge in [-0.3, -0.25) is 15.0 Å². The average molecular weight is 380 g/mol. The lowest BCUT2D eigenvalue weighted by Gasteiger charge is -2.19. The molecule has 0 aliphatic carbocycles. The van der Waals surface area contributed by atoms with Crippen molar-refractivity contribution in [2.45, 2.75) is 26.3 Å². The predicted octanol–water partition coefficient (Wildman–Crippen LogP) is 3.04. The molecule has 7 nitrogen and oxygen atoms in total. The fourth-order valence-electron chi connectivity index (χ4n) is 2.33. The Kier molecular flexibility index (Phi) is 4.30. The van der Waals surface area contributed by atoms with Gasteiger partial charge < -0.3 is 0 Å². The molecule has 25 heavy (non-hydrogen) atoms. The number of halogens is 2.